The van der Waals surface area contributed by atoms with Crippen LogP contribution in [-0.2, 0) is 22.4 Å². The zero-order valence-corrected chi connectivity index (χ0v) is 23.2. The second-order valence-corrected chi connectivity index (χ2v) is 10.7. The summed E-state index contributed by atoms with van der Waals surface area (Å²) in [7, 11) is 0. The zero-order valence-electron chi connectivity index (χ0n) is 23.2. The zero-order chi connectivity index (χ0) is 26.2. The number of rotatable bonds is 11. The van der Waals surface area contributed by atoms with Gasteiger partial charge in [0.05, 0.1) is 6.10 Å². The molecule has 1 N–H and O–H groups in total. The van der Waals surface area contributed by atoms with E-state index in [-0.39, 0.29) is 24.5 Å². The number of nitrogens with zero attached hydrogens (tertiary/aromatic N) is 2. The topological polar surface area (TPSA) is 53.0 Å². The first-order chi connectivity index (χ1) is 17.2. The SMILES string of the molecule is CCc1ccc(C[C@@H](C)C(=O)N2CCN(c3ccc(C)cc3C(OCCCO)C(C)C)CC2)c(C)c1. The third-order valence-corrected chi connectivity index (χ3v) is 7.39. The molecule has 36 heavy (non-hydrogen) atoms. The van der Waals surface area contributed by atoms with Crippen molar-refractivity contribution in [2.75, 3.05) is 44.3 Å². The van der Waals surface area contributed by atoms with Crippen LogP contribution in [0.5, 0.6) is 0 Å². The minimum atomic E-state index is -0.0251. The molecule has 2 aromatic rings. The van der Waals surface area contributed by atoms with Crippen LogP contribution in [0, 0.1) is 25.7 Å². The summed E-state index contributed by atoms with van der Waals surface area (Å²) in [5.74, 6) is 0.552. The molecule has 1 heterocycles. The number of amides is 1. The van der Waals surface area contributed by atoms with Crippen molar-refractivity contribution in [3.63, 3.8) is 0 Å². The lowest BCUT2D eigenvalue weighted by molar-refractivity contribution is -0.135. The van der Waals surface area contributed by atoms with E-state index in [2.05, 4.69) is 82.8 Å². The molecule has 2 atom stereocenters. The van der Waals surface area contributed by atoms with Crippen LogP contribution in [0.4, 0.5) is 5.69 Å². The van der Waals surface area contributed by atoms with Gasteiger partial charge in [-0.15, -0.1) is 0 Å². The molecular formula is C31H46N2O3. The van der Waals surface area contributed by atoms with Gasteiger partial charge in [0.25, 0.3) is 0 Å². The summed E-state index contributed by atoms with van der Waals surface area (Å²) in [5.41, 5.74) is 7.54. The quantitative estimate of drug-likeness (QED) is 0.420. The molecule has 3 rings (SSSR count). The molecule has 0 radical (unpaired) electrons. The van der Waals surface area contributed by atoms with E-state index in [9.17, 15) is 9.90 Å². The van der Waals surface area contributed by atoms with Crippen LogP contribution < -0.4 is 4.90 Å². The molecule has 0 aromatic heterocycles. The highest BCUT2D eigenvalue weighted by Gasteiger charge is 2.28. The molecule has 5 heteroatoms. The summed E-state index contributed by atoms with van der Waals surface area (Å²) in [4.78, 5) is 17.8. The van der Waals surface area contributed by atoms with Crippen LogP contribution in [0.25, 0.3) is 0 Å². The van der Waals surface area contributed by atoms with Gasteiger partial charge in [0.1, 0.15) is 0 Å². The van der Waals surface area contributed by atoms with Gasteiger partial charge in [-0.2, -0.15) is 0 Å². The fourth-order valence-corrected chi connectivity index (χ4v) is 5.21. The molecule has 1 unspecified atom stereocenters. The highest BCUT2D eigenvalue weighted by atomic mass is 16.5. The maximum atomic E-state index is 13.3. The van der Waals surface area contributed by atoms with Gasteiger partial charge in [-0.3, -0.25) is 4.79 Å². The van der Waals surface area contributed by atoms with Crippen molar-refractivity contribution >= 4 is 11.6 Å². The number of aliphatic hydroxyl groups is 1. The Morgan fingerprint density at radius 3 is 2.36 bits per heavy atom. The Morgan fingerprint density at radius 1 is 1.03 bits per heavy atom. The maximum absolute atomic E-state index is 13.3. The average molecular weight is 495 g/mol. The molecule has 5 nitrogen and oxygen atoms in total. The minimum absolute atomic E-state index is 0.0199. The average Bonchev–Trinajstić information content (AvgIpc) is 2.87. The van der Waals surface area contributed by atoms with Crippen molar-refractivity contribution in [3.05, 3.63) is 64.2 Å². The first kappa shape index (κ1) is 28.2. The molecule has 1 amide bonds. The van der Waals surface area contributed by atoms with Crippen molar-refractivity contribution in [2.24, 2.45) is 11.8 Å². The fourth-order valence-electron chi connectivity index (χ4n) is 5.21. The van der Waals surface area contributed by atoms with Crippen molar-refractivity contribution < 1.29 is 14.6 Å². The Kier molecular flexibility index (Phi) is 10.4. The summed E-state index contributed by atoms with van der Waals surface area (Å²) in [5, 5.41) is 9.20. The van der Waals surface area contributed by atoms with E-state index in [1.807, 2.05) is 4.90 Å². The summed E-state index contributed by atoms with van der Waals surface area (Å²) in [6, 6.07) is 13.2. The molecule has 1 fully saturated rings. The van der Waals surface area contributed by atoms with Gasteiger partial charge in [0.2, 0.25) is 5.91 Å². The predicted octanol–water partition coefficient (Wildman–Crippen LogP) is 5.49. The van der Waals surface area contributed by atoms with Crippen molar-refractivity contribution in [3.8, 4) is 0 Å². The van der Waals surface area contributed by atoms with E-state index >= 15 is 0 Å². The first-order valence-corrected chi connectivity index (χ1v) is 13.7. The van der Waals surface area contributed by atoms with E-state index in [1.165, 1.54) is 33.5 Å². The van der Waals surface area contributed by atoms with E-state index in [0.717, 1.165) is 39.0 Å². The Morgan fingerprint density at radius 2 is 1.75 bits per heavy atom. The van der Waals surface area contributed by atoms with Gasteiger partial charge in [0, 0.05) is 56.6 Å². The maximum Gasteiger partial charge on any atom is 0.225 e. The second-order valence-electron chi connectivity index (χ2n) is 10.7. The highest BCUT2D eigenvalue weighted by molar-refractivity contribution is 5.79. The Bertz CT molecular complexity index is 995. The molecule has 1 saturated heterocycles. The number of ether oxygens (including phenoxy) is 1. The fraction of sp³-hybridized carbons (Fsp3) is 0.581. The summed E-state index contributed by atoms with van der Waals surface area (Å²) in [6.07, 6.45) is 2.45. The lowest BCUT2D eigenvalue weighted by Gasteiger charge is -2.39. The lowest BCUT2D eigenvalue weighted by atomic mass is 9.94. The van der Waals surface area contributed by atoms with Crippen molar-refractivity contribution in [1.29, 1.82) is 0 Å². The first-order valence-electron chi connectivity index (χ1n) is 13.7. The van der Waals surface area contributed by atoms with Gasteiger partial charge in [-0.1, -0.05) is 63.6 Å². The number of hydrogen-bond acceptors (Lipinski definition) is 4. The third kappa shape index (κ3) is 7.10. The van der Waals surface area contributed by atoms with Crippen molar-refractivity contribution in [2.45, 2.75) is 66.9 Å². The van der Waals surface area contributed by atoms with E-state index in [1.54, 1.807) is 0 Å². The van der Waals surface area contributed by atoms with E-state index in [4.69, 9.17) is 4.74 Å². The van der Waals surface area contributed by atoms with Gasteiger partial charge in [-0.25, -0.2) is 0 Å². The number of benzene rings is 2. The number of piperazine rings is 1. The Hall–Kier alpha value is -2.37. The van der Waals surface area contributed by atoms with Crippen LogP contribution in [-0.4, -0.2) is 55.3 Å². The smallest absolute Gasteiger partial charge is 0.225 e. The molecule has 0 spiro atoms. The van der Waals surface area contributed by atoms with Crippen molar-refractivity contribution in [1.82, 2.24) is 4.90 Å². The summed E-state index contributed by atoms with van der Waals surface area (Å²) < 4.78 is 6.24. The molecule has 0 bridgehead atoms. The van der Waals surface area contributed by atoms with E-state index in [0.29, 0.717) is 18.9 Å². The normalized spacial score (nSPS) is 15.9. The van der Waals surface area contributed by atoms with Crippen LogP contribution in [0.2, 0.25) is 0 Å². The Balaban J connectivity index is 1.66. The third-order valence-electron chi connectivity index (χ3n) is 7.39. The lowest BCUT2D eigenvalue weighted by Crippen LogP contribution is -2.50. The highest BCUT2D eigenvalue weighted by Crippen LogP contribution is 2.35. The molecule has 0 aliphatic carbocycles. The summed E-state index contributed by atoms with van der Waals surface area (Å²) in [6.45, 7) is 16.7. The minimum Gasteiger partial charge on any atom is -0.396 e. The van der Waals surface area contributed by atoms with Gasteiger partial charge in [0.15, 0.2) is 0 Å². The standard InChI is InChI=1S/C31H46N2O3/c1-7-26-10-11-27(24(5)20-26)21-25(6)31(35)33-15-13-32(14-16-33)29-12-9-23(4)19-28(29)30(22(2)3)36-18-8-17-34/h9-12,19-20,22,25,30,34H,7-8,13-18,21H2,1-6H3/t25-,30?/m1/s1. The molecule has 0 saturated carbocycles. The van der Waals surface area contributed by atoms with Crippen LogP contribution in [0.15, 0.2) is 36.4 Å². The molecule has 2 aromatic carbocycles. The number of carbonyl (C=O) groups excluding carboxylic acids is 1. The van der Waals surface area contributed by atoms with Gasteiger partial charge in [-0.05, 0) is 61.8 Å². The number of hydrogen-bond donors (Lipinski definition) is 1. The van der Waals surface area contributed by atoms with Crippen LogP contribution in [0.1, 0.15) is 68.0 Å². The summed E-state index contributed by atoms with van der Waals surface area (Å²) >= 11 is 0. The van der Waals surface area contributed by atoms with E-state index < -0.39 is 0 Å². The molecular weight excluding hydrogens is 448 g/mol. The molecule has 1 aliphatic rings. The van der Waals surface area contributed by atoms with Crippen LogP contribution >= 0.6 is 0 Å². The monoisotopic (exact) mass is 494 g/mol. The Labute approximate surface area is 218 Å². The number of aliphatic hydroxyl groups excluding tert-OH is 1. The number of carbonyl (C=O) groups is 1. The predicted molar refractivity (Wildman–Crippen MR) is 149 cm³/mol. The second kappa shape index (κ2) is 13.3. The largest absolute Gasteiger partial charge is 0.396 e. The molecule has 1 aliphatic heterocycles. The van der Waals surface area contributed by atoms with Gasteiger partial charge >= 0.3 is 0 Å². The van der Waals surface area contributed by atoms with Gasteiger partial charge < -0.3 is 19.6 Å². The van der Waals surface area contributed by atoms with Crippen LogP contribution in [0.3, 0.4) is 0 Å². The number of aryl methyl sites for hydroxylation is 3. The molecule has 198 valence electrons. The number of anilines is 1.